The van der Waals surface area contributed by atoms with Crippen molar-refractivity contribution in [2.24, 2.45) is 5.73 Å². The molecule has 2 N–H and O–H groups in total. The number of hydrogen-bond donors (Lipinski definition) is 1. The number of methoxy groups -OCH3 is 1. The molecule has 1 aliphatic rings. The SMILES string of the molecule is CCCn1ncc(OC)c1C(N)C(C)(C)N1CCCC1. The molecule has 0 radical (unpaired) electrons. The van der Waals surface area contributed by atoms with E-state index < -0.39 is 0 Å². The van der Waals surface area contributed by atoms with Crippen LogP contribution in [0.4, 0.5) is 0 Å². The summed E-state index contributed by atoms with van der Waals surface area (Å²) in [6.07, 6.45) is 5.35. The van der Waals surface area contributed by atoms with Crippen molar-refractivity contribution in [1.82, 2.24) is 14.7 Å². The van der Waals surface area contributed by atoms with Crippen LogP contribution in [0.5, 0.6) is 5.75 Å². The third kappa shape index (κ3) is 2.69. The molecule has 1 fully saturated rings. The molecule has 5 nitrogen and oxygen atoms in total. The fraction of sp³-hybridized carbons (Fsp3) is 0.800. The molecule has 0 amide bonds. The van der Waals surface area contributed by atoms with E-state index in [4.69, 9.17) is 10.5 Å². The first-order valence-corrected chi connectivity index (χ1v) is 7.62. The second-order valence-corrected chi connectivity index (χ2v) is 6.15. The van der Waals surface area contributed by atoms with Crippen LogP contribution in [0.3, 0.4) is 0 Å². The van der Waals surface area contributed by atoms with Gasteiger partial charge in [-0.15, -0.1) is 0 Å². The molecule has 5 heteroatoms. The molecule has 0 aromatic carbocycles. The molecule has 0 bridgehead atoms. The first kappa shape index (κ1) is 15.3. The lowest BCUT2D eigenvalue weighted by molar-refractivity contribution is 0.119. The lowest BCUT2D eigenvalue weighted by atomic mass is 9.90. The zero-order chi connectivity index (χ0) is 14.8. The molecule has 1 aromatic rings. The molecule has 1 saturated heterocycles. The van der Waals surface area contributed by atoms with E-state index >= 15 is 0 Å². The van der Waals surface area contributed by atoms with Crippen molar-refractivity contribution in [2.45, 2.75) is 58.2 Å². The average Bonchev–Trinajstić information content (AvgIpc) is 3.07. The highest BCUT2D eigenvalue weighted by molar-refractivity contribution is 5.30. The summed E-state index contributed by atoms with van der Waals surface area (Å²) in [5.74, 6) is 0.804. The molecular formula is C15H28N4O. The van der Waals surface area contributed by atoms with Gasteiger partial charge in [-0.1, -0.05) is 6.92 Å². The van der Waals surface area contributed by atoms with E-state index in [2.05, 4.69) is 30.8 Å². The van der Waals surface area contributed by atoms with Crippen molar-refractivity contribution >= 4 is 0 Å². The maximum atomic E-state index is 6.62. The summed E-state index contributed by atoms with van der Waals surface area (Å²) in [5.41, 5.74) is 7.55. The molecule has 1 aliphatic heterocycles. The van der Waals surface area contributed by atoms with E-state index in [0.29, 0.717) is 0 Å². The summed E-state index contributed by atoms with van der Waals surface area (Å²) in [7, 11) is 1.69. The number of aryl methyl sites for hydroxylation is 1. The van der Waals surface area contributed by atoms with Gasteiger partial charge in [0, 0.05) is 12.1 Å². The van der Waals surface area contributed by atoms with Gasteiger partial charge in [0.05, 0.1) is 25.0 Å². The number of nitrogens with two attached hydrogens (primary N) is 1. The number of nitrogens with zero attached hydrogens (tertiary/aromatic N) is 3. The highest BCUT2D eigenvalue weighted by atomic mass is 16.5. The molecule has 2 rings (SSSR count). The van der Waals surface area contributed by atoms with Gasteiger partial charge in [0.25, 0.3) is 0 Å². The van der Waals surface area contributed by atoms with Gasteiger partial charge in [-0.3, -0.25) is 9.58 Å². The Bertz CT molecular complexity index is 435. The molecule has 0 spiro atoms. The molecule has 20 heavy (non-hydrogen) atoms. The summed E-state index contributed by atoms with van der Waals surface area (Å²) in [4.78, 5) is 2.49. The maximum Gasteiger partial charge on any atom is 0.161 e. The van der Waals surface area contributed by atoms with Crippen molar-refractivity contribution < 1.29 is 4.74 Å². The van der Waals surface area contributed by atoms with E-state index in [0.717, 1.165) is 37.5 Å². The molecule has 1 aromatic heterocycles. The Kier molecular flexibility index (Phi) is 4.70. The lowest BCUT2D eigenvalue weighted by Crippen LogP contribution is -2.50. The number of likely N-dealkylation sites (tertiary alicyclic amines) is 1. The second-order valence-electron chi connectivity index (χ2n) is 6.15. The van der Waals surface area contributed by atoms with E-state index in [9.17, 15) is 0 Å². The van der Waals surface area contributed by atoms with Gasteiger partial charge in [-0.05, 0) is 46.2 Å². The standard InChI is InChI=1S/C15H28N4O/c1-5-8-19-13(12(20-4)11-17-19)14(16)15(2,3)18-9-6-7-10-18/h11,14H,5-10,16H2,1-4H3. The van der Waals surface area contributed by atoms with Gasteiger partial charge in [-0.25, -0.2) is 0 Å². The third-order valence-corrected chi connectivity index (χ3v) is 4.48. The Morgan fingerprint density at radius 2 is 2.05 bits per heavy atom. The quantitative estimate of drug-likeness (QED) is 0.867. The van der Waals surface area contributed by atoms with Gasteiger partial charge >= 0.3 is 0 Å². The molecule has 2 heterocycles. The van der Waals surface area contributed by atoms with Crippen molar-refractivity contribution in [2.75, 3.05) is 20.2 Å². The van der Waals surface area contributed by atoms with E-state index in [1.165, 1.54) is 12.8 Å². The van der Waals surface area contributed by atoms with Gasteiger partial charge in [-0.2, -0.15) is 5.10 Å². The van der Waals surface area contributed by atoms with Crippen LogP contribution >= 0.6 is 0 Å². The van der Waals surface area contributed by atoms with Gasteiger partial charge in [0.15, 0.2) is 5.75 Å². The van der Waals surface area contributed by atoms with Crippen LogP contribution in [0.2, 0.25) is 0 Å². The zero-order valence-electron chi connectivity index (χ0n) is 13.2. The third-order valence-electron chi connectivity index (χ3n) is 4.48. The molecular weight excluding hydrogens is 252 g/mol. The van der Waals surface area contributed by atoms with E-state index in [1.54, 1.807) is 13.3 Å². The predicted molar refractivity (Wildman–Crippen MR) is 80.9 cm³/mol. The predicted octanol–water partition coefficient (Wildman–Crippen LogP) is 2.18. The van der Waals surface area contributed by atoms with E-state index in [-0.39, 0.29) is 11.6 Å². The monoisotopic (exact) mass is 280 g/mol. The topological polar surface area (TPSA) is 56.3 Å². The first-order valence-electron chi connectivity index (χ1n) is 7.62. The van der Waals surface area contributed by atoms with Gasteiger partial charge < -0.3 is 10.5 Å². The minimum absolute atomic E-state index is 0.0880. The van der Waals surface area contributed by atoms with Crippen molar-refractivity contribution in [3.63, 3.8) is 0 Å². The van der Waals surface area contributed by atoms with Crippen LogP contribution in [0, 0.1) is 0 Å². The number of hydrogen-bond acceptors (Lipinski definition) is 4. The molecule has 1 unspecified atom stereocenters. The van der Waals surface area contributed by atoms with Crippen LogP contribution in [0.1, 0.15) is 51.8 Å². The number of rotatable bonds is 6. The van der Waals surface area contributed by atoms with Crippen LogP contribution in [0.25, 0.3) is 0 Å². The van der Waals surface area contributed by atoms with Gasteiger partial charge in [0.2, 0.25) is 0 Å². The Hall–Kier alpha value is -1.07. The first-order chi connectivity index (χ1) is 9.52. The van der Waals surface area contributed by atoms with Crippen molar-refractivity contribution in [1.29, 1.82) is 0 Å². The molecule has 0 aliphatic carbocycles. The molecule has 0 saturated carbocycles. The summed E-state index contributed by atoms with van der Waals surface area (Å²) < 4.78 is 7.47. The smallest absolute Gasteiger partial charge is 0.161 e. The van der Waals surface area contributed by atoms with Crippen molar-refractivity contribution in [3.05, 3.63) is 11.9 Å². The average molecular weight is 280 g/mol. The highest BCUT2D eigenvalue weighted by Gasteiger charge is 2.38. The summed E-state index contributed by atoms with van der Waals surface area (Å²) in [5, 5.41) is 4.43. The van der Waals surface area contributed by atoms with Crippen LogP contribution in [0.15, 0.2) is 6.20 Å². The largest absolute Gasteiger partial charge is 0.493 e. The number of ether oxygens (including phenoxy) is 1. The highest BCUT2D eigenvalue weighted by Crippen LogP contribution is 2.35. The minimum atomic E-state index is -0.107. The Balaban J connectivity index is 2.30. The number of aromatic nitrogens is 2. The normalized spacial score (nSPS) is 18.4. The fourth-order valence-corrected chi connectivity index (χ4v) is 3.06. The fourth-order valence-electron chi connectivity index (χ4n) is 3.06. The molecule has 114 valence electrons. The van der Waals surface area contributed by atoms with Crippen molar-refractivity contribution in [3.8, 4) is 5.75 Å². The second kappa shape index (κ2) is 6.14. The Labute approximate surface area is 122 Å². The lowest BCUT2D eigenvalue weighted by Gasteiger charge is -2.40. The maximum absolute atomic E-state index is 6.62. The van der Waals surface area contributed by atoms with Crippen LogP contribution in [-0.2, 0) is 6.54 Å². The zero-order valence-corrected chi connectivity index (χ0v) is 13.2. The Morgan fingerprint density at radius 1 is 1.40 bits per heavy atom. The minimum Gasteiger partial charge on any atom is -0.493 e. The Morgan fingerprint density at radius 3 is 2.60 bits per heavy atom. The van der Waals surface area contributed by atoms with Gasteiger partial charge in [0.1, 0.15) is 0 Å². The van der Waals surface area contributed by atoms with E-state index in [1.807, 2.05) is 4.68 Å². The summed E-state index contributed by atoms with van der Waals surface area (Å²) >= 11 is 0. The van der Waals surface area contributed by atoms with Crippen LogP contribution < -0.4 is 10.5 Å². The van der Waals surface area contributed by atoms with Crippen LogP contribution in [-0.4, -0.2) is 40.4 Å². The molecule has 1 atom stereocenters. The summed E-state index contributed by atoms with van der Waals surface area (Å²) in [6.45, 7) is 9.74. The summed E-state index contributed by atoms with van der Waals surface area (Å²) in [6, 6.07) is -0.107.